The molecule has 21 heavy (non-hydrogen) atoms. The van der Waals surface area contributed by atoms with E-state index in [-0.39, 0.29) is 12.6 Å². The van der Waals surface area contributed by atoms with Crippen LogP contribution in [0, 0.1) is 6.92 Å². The highest BCUT2D eigenvalue weighted by Gasteiger charge is 2.13. The second-order valence-electron chi connectivity index (χ2n) is 4.88. The van der Waals surface area contributed by atoms with Crippen molar-refractivity contribution in [2.45, 2.75) is 26.4 Å². The van der Waals surface area contributed by atoms with Crippen molar-refractivity contribution in [2.75, 3.05) is 5.73 Å². The largest absolute Gasteiger partial charge is 0.459 e. The number of hydrogen-bond acceptors (Lipinski definition) is 4. The van der Waals surface area contributed by atoms with E-state index in [1.807, 2.05) is 38.2 Å². The summed E-state index contributed by atoms with van der Waals surface area (Å²) in [5.74, 6) is -0.233. The van der Waals surface area contributed by atoms with Crippen molar-refractivity contribution in [3.8, 4) is 0 Å². The molecule has 0 saturated carbocycles. The number of aryl methyl sites for hydroxylation is 3. The molecule has 0 aliphatic heterocycles. The predicted molar refractivity (Wildman–Crippen MR) is 84.6 cm³/mol. The Kier molecular flexibility index (Phi) is 5.01. The topological polar surface area (TPSA) is 70.1 Å². The van der Waals surface area contributed by atoms with Crippen LogP contribution < -0.4 is 5.73 Å². The van der Waals surface area contributed by atoms with E-state index < -0.39 is 0 Å². The molecule has 5 nitrogen and oxygen atoms in total. The van der Waals surface area contributed by atoms with Gasteiger partial charge in [-0.15, -0.1) is 0 Å². The van der Waals surface area contributed by atoms with Gasteiger partial charge in [0.25, 0.3) is 0 Å². The molecular formula is C15H18BrN3O2. The molecule has 6 heteroatoms. The third-order valence-corrected chi connectivity index (χ3v) is 4.23. The van der Waals surface area contributed by atoms with Crippen LogP contribution in [0.4, 0.5) is 5.69 Å². The zero-order chi connectivity index (χ0) is 15.4. The maximum Gasteiger partial charge on any atom is 0.306 e. The second kappa shape index (κ2) is 6.76. The Labute approximate surface area is 132 Å². The fourth-order valence-electron chi connectivity index (χ4n) is 2.05. The van der Waals surface area contributed by atoms with Crippen LogP contribution in [0.25, 0.3) is 0 Å². The molecule has 0 spiro atoms. The van der Waals surface area contributed by atoms with Gasteiger partial charge >= 0.3 is 5.97 Å². The van der Waals surface area contributed by atoms with E-state index in [4.69, 9.17) is 10.5 Å². The summed E-state index contributed by atoms with van der Waals surface area (Å²) < 4.78 is 7.89. The number of rotatable bonds is 5. The summed E-state index contributed by atoms with van der Waals surface area (Å²) in [7, 11) is 1.83. The van der Waals surface area contributed by atoms with Gasteiger partial charge in [-0.25, -0.2) is 0 Å². The zero-order valence-electron chi connectivity index (χ0n) is 12.1. The van der Waals surface area contributed by atoms with Crippen LogP contribution in [0.2, 0.25) is 0 Å². The number of esters is 1. The van der Waals surface area contributed by atoms with E-state index in [0.717, 1.165) is 21.4 Å². The number of anilines is 1. The normalized spacial score (nSPS) is 10.6. The highest BCUT2D eigenvalue weighted by Crippen LogP contribution is 2.21. The third kappa shape index (κ3) is 4.07. The number of nitrogens with zero attached hydrogens (tertiary/aromatic N) is 2. The summed E-state index contributed by atoms with van der Waals surface area (Å²) >= 11 is 3.45. The highest BCUT2D eigenvalue weighted by molar-refractivity contribution is 9.10. The van der Waals surface area contributed by atoms with E-state index in [0.29, 0.717) is 18.5 Å². The van der Waals surface area contributed by atoms with Gasteiger partial charge < -0.3 is 10.5 Å². The van der Waals surface area contributed by atoms with Crippen LogP contribution >= 0.6 is 15.9 Å². The molecule has 2 rings (SSSR count). The van der Waals surface area contributed by atoms with Gasteiger partial charge in [0.1, 0.15) is 6.61 Å². The Morgan fingerprint density at radius 3 is 2.86 bits per heavy atom. The van der Waals surface area contributed by atoms with E-state index in [9.17, 15) is 4.79 Å². The summed E-state index contributed by atoms with van der Waals surface area (Å²) in [6.45, 7) is 2.11. The van der Waals surface area contributed by atoms with Crippen LogP contribution in [-0.2, 0) is 29.6 Å². The fraction of sp³-hybridized carbons (Fsp3) is 0.333. The number of carbonyl (C=O) groups excluding carboxylic acids is 1. The van der Waals surface area contributed by atoms with Gasteiger partial charge in [-0.1, -0.05) is 12.1 Å². The van der Waals surface area contributed by atoms with Gasteiger partial charge in [0.15, 0.2) is 0 Å². The SMILES string of the molecule is Cc1nn(C)c(COC(=O)CCc2cccc(N)c2)c1Br. The first-order valence-electron chi connectivity index (χ1n) is 6.65. The molecule has 0 unspecified atom stereocenters. The number of halogens is 1. The van der Waals surface area contributed by atoms with Crippen molar-refractivity contribution in [1.29, 1.82) is 0 Å². The number of nitrogen functional groups attached to an aromatic ring is 1. The maximum absolute atomic E-state index is 11.8. The van der Waals surface area contributed by atoms with Crippen molar-refractivity contribution < 1.29 is 9.53 Å². The second-order valence-corrected chi connectivity index (χ2v) is 5.67. The molecule has 0 aliphatic carbocycles. The van der Waals surface area contributed by atoms with Crippen molar-refractivity contribution >= 4 is 27.6 Å². The molecule has 1 heterocycles. The molecule has 112 valence electrons. The predicted octanol–water partition coefficient (Wildman–Crippen LogP) is 2.75. The first-order chi connectivity index (χ1) is 9.97. The van der Waals surface area contributed by atoms with Gasteiger partial charge in [-0.05, 0) is 47.0 Å². The lowest BCUT2D eigenvalue weighted by Gasteiger charge is -2.06. The Hall–Kier alpha value is -1.82. The third-order valence-electron chi connectivity index (χ3n) is 3.20. The molecular weight excluding hydrogens is 334 g/mol. The lowest BCUT2D eigenvalue weighted by atomic mass is 10.1. The van der Waals surface area contributed by atoms with Gasteiger partial charge in [-0.2, -0.15) is 5.10 Å². The first-order valence-corrected chi connectivity index (χ1v) is 7.44. The Morgan fingerprint density at radius 1 is 1.48 bits per heavy atom. The molecule has 0 aliphatic rings. The Bertz CT molecular complexity index is 652. The summed E-state index contributed by atoms with van der Waals surface area (Å²) in [6, 6.07) is 7.52. The molecule has 1 aromatic heterocycles. The van der Waals surface area contributed by atoms with Crippen LogP contribution in [-0.4, -0.2) is 15.7 Å². The quantitative estimate of drug-likeness (QED) is 0.664. The lowest BCUT2D eigenvalue weighted by molar-refractivity contribution is -0.145. The summed E-state index contributed by atoms with van der Waals surface area (Å²) in [6.07, 6.45) is 0.952. The molecule has 0 atom stereocenters. The average Bonchev–Trinajstić information content (AvgIpc) is 2.68. The smallest absolute Gasteiger partial charge is 0.306 e. The first kappa shape index (κ1) is 15.6. The number of carbonyl (C=O) groups is 1. The minimum Gasteiger partial charge on any atom is -0.459 e. The van der Waals surface area contributed by atoms with Crippen LogP contribution in [0.15, 0.2) is 28.7 Å². The van der Waals surface area contributed by atoms with E-state index in [1.54, 1.807) is 4.68 Å². The molecule has 0 fully saturated rings. The van der Waals surface area contributed by atoms with Gasteiger partial charge in [0.05, 0.1) is 15.9 Å². The Balaban J connectivity index is 1.85. The van der Waals surface area contributed by atoms with Crippen LogP contribution in [0.5, 0.6) is 0 Å². The Morgan fingerprint density at radius 2 is 2.24 bits per heavy atom. The molecule has 0 bridgehead atoms. The maximum atomic E-state index is 11.8. The summed E-state index contributed by atoms with van der Waals surface area (Å²) in [4.78, 5) is 11.8. The van der Waals surface area contributed by atoms with Crippen molar-refractivity contribution in [2.24, 2.45) is 7.05 Å². The number of nitrogens with two attached hydrogens (primary N) is 1. The van der Waals surface area contributed by atoms with E-state index in [1.165, 1.54) is 0 Å². The van der Waals surface area contributed by atoms with Gasteiger partial charge in [0, 0.05) is 19.2 Å². The van der Waals surface area contributed by atoms with E-state index in [2.05, 4.69) is 21.0 Å². The summed E-state index contributed by atoms with van der Waals surface area (Å²) in [5, 5.41) is 4.26. The van der Waals surface area contributed by atoms with Gasteiger partial charge in [0.2, 0.25) is 0 Å². The molecule has 2 N–H and O–H groups in total. The molecule has 0 saturated heterocycles. The van der Waals surface area contributed by atoms with Crippen LogP contribution in [0.1, 0.15) is 23.4 Å². The minimum atomic E-state index is -0.233. The standard InChI is InChI=1S/C15H18BrN3O2/c1-10-15(16)13(19(2)18-10)9-21-14(20)7-6-11-4-3-5-12(17)8-11/h3-5,8H,6-7,9,17H2,1-2H3. The number of benzene rings is 1. The van der Waals surface area contributed by atoms with Crippen molar-refractivity contribution in [1.82, 2.24) is 9.78 Å². The number of aromatic nitrogens is 2. The van der Waals surface area contributed by atoms with E-state index >= 15 is 0 Å². The van der Waals surface area contributed by atoms with Gasteiger partial charge in [-0.3, -0.25) is 9.48 Å². The van der Waals surface area contributed by atoms with Crippen molar-refractivity contribution in [3.05, 3.63) is 45.7 Å². The number of ether oxygens (including phenoxy) is 1. The molecule has 1 aromatic carbocycles. The zero-order valence-corrected chi connectivity index (χ0v) is 13.7. The monoisotopic (exact) mass is 351 g/mol. The van der Waals surface area contributed by atoms with Crippen molar-refractivity contribution in [3.63, 3.8) is 0 Å². The minimum absolute atomic E-state index is 0.216. The number of hydrogen-bond donors (Lipinski definition) is 1. The van der Waals surface area contributed by atoms with Crippen LogP contribution in [0.3, 0.4) is 0 Å². The lowest BCUT2D eigenvalue weighted by Crippen LogP contribution is -2.09. The highest BCUT2D eigenvalue weighted by atomic mass is 79.9. The average molecular weight is 352 g/mol. The summed E-state index contributed by atoms with van der Waals surface area (Å²) in [5.41, 5.74) is 9.17. The molecule has 0 radical (unpaired) electrons. The fourth-order valence-corrected chi connectivity index (χ4v) is 2.50. The molecule has 0 amide bonds. The molecule has 2 aromatic rings.